The monoisotopic (exact) mass is 220 g/mol. The molecule has 0 heterocycles. The summed E-state index contributed by atoms with van der Waals surface area (Å²) < 4.78 is 21.5. The van der Waals surface area contributed by atoms with Gasteiger partial charge in [-0.1, -0.05) is 6.58 Å². The van der Waals surface area contributed by atoms with E-state index < -0.39 is 7.37 Å². The zero-order chi connectivity index (χ0) is 11.0. The number of hydrogen-bond donors (Lipinski definition) is 0. The zero-order valence-corrected chi connectivity index (χ0v) is 9.59. The van der Waals surface area contributed by atoms with E-state index in [1.165, 1.54) is 5.82 Å². The summed E-state index contributed by atoms with van der Waals surface area (Å²) in [7, 11) is -2.81. The second-order valence-electron chi connectivity index (χ2n) is 2.61. The first-order valence-corrected chi connectivity index (χ1v) is 6.48. The maximum atomic E-state index is 11.7. The van der Waals surface area contributed by atoms with Crippen LogP contribution in [0.3, 0.4) is 0 Å². The third-order valence-electron chi connectivity index (χ3n) is 1.56. The van der Waals surface area contributed by atoms with E-state index in [0.29, 0.717) is 13.2 Å². The Kier molecular flexibility index (Phi) is 6.50. The molecule has 0 aromatic rings. The number of ether oxygens (including phenoxy) is 1. The SMILES string of the molecule is C=CP(=O)(CCC(=O)OCC)OCC. The highest BCUT2D eigenvalue weighted by atomic mass is 31.2. The highest BCUT2D eigenvalue weighted by Gasteiger charge is 2.19. The lowest BCUT2D eigenvalue weighted by Gasteiger charge is -2.12. The fourth-order valence-corrected chi connectivity index (χ4v) is 2.26. The lowest BCUT2D eigenvalue weighted by atomic mass is 10.5. The summed E-state index contributed by atoms with van der Waals surface area (Å²) in [5.41, 5.74) is 0. The molecule has 1 atom stereocenters. The maximum Gasteiger partial charge on any atom is 0.306 e. The summed E-state index contributed by atoms with van der Waals surface area (Å²) in [5.74, 6) is 0.935. The second kappa shape index (κ2) is 6.80. The van der Waals surface area contributed by atoms with Crippen molar-refractivity contribution in [3.05, 3.63) is 12.4 Å². The minimum absolute atomic E-state index is 0.108. The Labute approximate surface area is 84.7 Å². The number of carbonyl (C=O) groups excluding carboxylic acids is 1. The van der Waals surface area contributed by atoms with E-state index in [9.17, 15) is 9.36 Å². The molecule has 0 saturated heterocycles. The zero-order valence-electron chi connectivity index (χ0n) is 8.69. The van der Waals surface area contributed by atoms with Gasteiger partial charge in [0.25, 0.3) is 0 Å². The Hall–Kier alpha value is -0.600. The Morgan fingerprint density at radius 3 is 2.50 bits per heavy atom. The smallest absolute Gasteiger partial charge is 0.306 e. The van der Waals surface area contributed by atoms with Crippen LogP contribution in [0, 0.1) is 0 Å². The average Bonchev–Trinajstić information content (AvgIpc) is 2.16. The lowest BCUT2D eigenvalue weighted by Crippen LogP contribution is -2.06. The molecule has 0 aliphatic rings. The molecule has 0 aromatic carbocycles. The molecule has 0 aliphatic heterocycles. The van der Waals surface area contributed by atoms with E-state index in [-0.39, 0.29) is 18.6 Å². The fourth-order valence-electron chi connectivity index (χ4n) is 0.907. The predicted octanol–water partition coefficient (Wildman–Crippen LogP) is 2.40. The maximum absolute atomic E-state index is 11.7. The summed E-state index contributed by atoms with van der Waals surface area (Å²) in [6, 6.07) is 0. The number of carbonyl (C=O) groups is 1. The Morgan fingerprint density at radius 1 is 1.43 bits per heavy atom. The van der Waals surface area contributed by atoms with Gasteiger partial charge in [0.05, 0.1) is 19.6 Å². The van der Waals surface area contributed by atoms with Gasteiger partial charge in [0.15, 0.2) is 0 Å². The van der Waals surface area contributed by atoms with Gasteiger partial charge < -0.3 is 9.26 Å². The van der Waals surface area contributed by atoms with Gasteiger partial charge in [-0.2, -0.15) is 0 Å². The third-order valence-corrected chi connectivity index (χ3v) is 3.66. The van der Waals surface area contributed by atoms with Crippen LogP contribution >= 0.6 is 7.37 Å². The van der Waals surface area contributed by atoms with Gasteiger partial charge in [0, 0.05) is 6.16 Å². The molecule has 0 radical (unpaired) electrons. The molecule has 0 saturated carbocycles. The van der Waals surface area contributed by atoms with Crippen molar-refractivity contribution < 1.29 is 18.6 Å². The van der Waals surface area contributed by atoms with Gasteiger partial charge in [-0.3, -0.25) is 9.36 Å². The molecule has 0 fully saturated rings. The first-order chi connectivity index (χ1) is 6.58. The van der Waals surface area contributed by atoms with Crippen LogP contribution < -0.4 is 0 Å². The molecular formula is C9H17O4P. The molecule has 4 nitrogen and oxygen atoms in total. The Balaban J connectivity index is 4.01. The highest BCUT2D eigenvalue weighted by Crippen LogP contribution is 2.48. The first-order valence-electron chi connectivity index (χ1n) is 4.60. The molecule has 1 unspecified atom stereocenters. The lowest BCUT2D eigenvalue weighted by molar-refractivity contribution is -0.142. The summed E-state index contributed by atoms with van der Waals surface area (Å²) in [5, 5.41) is 0. The van der Waals surface area contributed by atoms with Crippen molar-refractivity contribution in [1.29, 1.82) is 0 Å². The molecule has 0 spiro atoms. The topological polar surface area (TPSA) is 52.6 Å². The van der Waals surface area contributed by atoms with Crippen LogP contribution in [-0.4, -0.2) is 25.3 Å². The van der Waals surface area contributed by atoms with Crippen molar-refractivity contribution in [2.45, 2.75) is 20.3 Å². The fraction of sp³-hybridized carbons (Fsp3) is 0.667. The van der Waals surface area contributed by atoms with Crippen LogP contribution in [-0.2, 0) is 18.6 Å². The van der Waals surface area contributed by atoms with Gasteiger partial charge >= 0.3 is 5.97 Å². The minimum Gasteiger partial charge on any atom is -0.466 e. The van der Waals surface area contributed by atoms with Crippen molar-refractivity contribution in [2.75, 3.05) is 19.4 Å². The predicted molar refractivity (Wildman–Crippen MR) is 55.5 cm³/mol. The van der Waals surface area contributed by atoms with Crippen molar-refractivity contribution in [3.8, 4) is 0 Å². The van der Waals surface area contributed by atoms with Crippen molar-refractivity contribution in [3.63, 3.8) is 0 Å². The van der Waals surface area contributed by atoms with E-state index in [1.807, 2.05) is 0 Å². The third kappa shape index (κ3) is 5.20. The molecule has 0 amide bonds. The summed E-state index contributed by atoms with van der Waals surface area (Å²) in [4.78, 5) is 11.0. The van der Waals surface area contributed by atoms with E-state index in [0.717, 1.165) is 0 Å². The highest BCUT2D eigenvalue weighted by molar-refractivity contribution is 7.62. The van der Waals surface area contributed by atoms with E-state index in [2.05, 4.69) is 6.58 Å². The molecular weight excluding hydrogens is 203 g/mol. The average molecular weight is 220 g/mol. The molecule has 14 heavy (non-hydrogen) atoms. The van der Waals surface area contributed by atoms with Crippen molar-refractivity contribution in [2.24, 2.45) is 0 Å². The van der Waals surface area contributed by atoms with E-state index in [1.54, 1.807) is 13.8 Å². The van der Waals surface area contributed by atoms with Crippen LogP contribution in [0.4, 0.5) is 0 Å². The van der Waals surface area contributed by atoms with Crippen LogP contribution in [0.2, 0.25) is 0 Å². The summed E-state index contributed by atoms with van der Waals surface area (Å²) in [6.45, 7) is 7.61. The molecule has 0 rings (SSSR count). The van der Waals surface area contributed by atoms with Gasteiger partial charge in [0.1, 0.15) is 0 Å². The first kappa shape index (κ1) is 13.4. The summed E-state index contributed by atoms with van der Waals surface area (Å²) in [6.07, 6.45) is 0.278. The Morgan fingerprint density at radius 2 is 2.07 bits per heavy atom. The number of rotatable bonds is 7. The normalized spacial score (nSPS) is 14.4. The Bertz CT molecular complexity index is 237. The molecule has 82 valence electrons. The summed E-state index contributed by atoms with van der Waals surface area (Å²) >= 11 is 0. The van der Waals surface area contributed by atoms with E-state index >= 15 is 0 Å². The molecule has 0 N–H and O–H groups in total. The van der Waals surface area contributed by atoms with Crippen molar-refractivity contribution in [1.82, 2.24) is 0 Å². The number of hydrogen-bond acceptors (Lipinski definition) is 4. The van der Waals surface area contributed by atoms with Crippen LogP contribution in [0.25, 0.3) is 0 Å². The van der Waals surface area contributed by atoms with Crippen molar-refractivity contribution >= 4 is 13.3 Å². The number of esters is 1. The van der Waals surface area contributed by atoms with Gasteiger partial charge in [-0.15, -0.1) is 0 Å². The van der Waals surface area contributed by atoms with Crippen LogP contribution in [0.5, 0.6) is 0 Å². The molecule has 0 bridgehead atoms. The molecule has 0 aromatic heterocycles. The molecule has 5 heteroatoms. The minimum atomic E-state index is -2.81. The van der Waals surface area contributed by atoms with E-state index in [4.69, 9.17) is 9.26 Å². The standard InChI is InChI=1S/C9H17O4P/c1-4-12-9(10)7-8-14(11,6-3)13-5-2/h6H,3-5,7-8H2,1-2H3. The largest absolute Gasteiger partial charge is 0.466 e. The van der Waals surface area contributed by atoms with Gasteiger partial charge in [-0.05, 0) is 19.7 Å². The quantitative estimate of drug-likeness (QED) is 0.488. The molecule has 0 aliphatic carbocycles. The van der Waals surface area contributed by atoms with Crippen LogP contribution in [0.1, 0.15) is 20.3 Å². The van der Waals surface area contributed by atoms with Gasteiger partial charge in [0.2, 0.25) is 7.37 Å². The second-order valence-corrected chi connectivity index (χ2v) is 5.13. The van der Waals surface area contributed by atoms with Crippen LogP contribution in [0.15, 0.2) is 12.4 Å². The van der Waals surface area contributed by atoms with Gasteiger partial charge in [-0.25, -0.2) is 0 Å².